The lowest BCUT2D eigenvalue weighted by atomic mass is 10.1. The van der Waals surface area contributed by atoms with Gasteiger partial charge in [-0.3, -0.25) is 11.3 Å². The molecule has 2 rings (SSSR count). The average Bonchev–Trinajstić information content (AvgIpc) is 2.95. The summed E-state index contributed by atoms with van der Waals surface area (Å²) in [6.45, 7) is 6.27. The van der Waals surface area contributed by atoms with E-state index < -0.39 is 0 Å². The number of aromatic nitrogens is 3. The van der Waals surface area contributed by atoms with E-state index >= 15 is 0 Å². The Labute approximate surface area is 121 Å². The predicted molar refractivity (Wildman–Crippen MR) is 79.3 cm³/mol. The molecule has 0 spiro atoms. The highest BCUT2D eigenvalue weighted by atomic mass is 32.1. The summed E-state index contributed by atoms with van der Waals surface area (Å²) in [6.07, 6.45) is 2.79. The van der Waals surface area contributed by atoms with Crippen LogP contribution in [0, 0.1) is 13.8 Å². The number of hydrogen-bond donors (Lipinski definition) is 2. The van der Waals surface area contributed by atoms with Crippen molar-refractivity contribution in [2.75, 3.05) is 0 Å². The first kappa shape index (κ1) is 14.5. The summed E-state index contributed by atoms with van der Waals surface area (Å²) >= 11 is 3.16. The molecule has 2 aromatic heterocycles. The Balaban J connectivity index is 2.17. The molecule has 0 bridgehead atoms. The van der Waals surface area contributed by atoms with Crippen molar-refractivity contribution in [1.82, 2.24) is 20.0 Å². The van der Waals surface area contributed by atoms with Gasteiger partial charge in [0.05, 0.1) is 27.3 Å². The van der Waals surface area contributed by atoms with Gasteiger partial charge in [-0.1, -0.05) is 17.8 Å². The number of nitrogens with zero attached hydrogens (tertiary/aromatic N) is 3. The van der Waals surface area contributed by atoms with Crippen LogP contribution in [0.1, 0.15) is 45.5 Å². The SMILES string of the molecule is CCCc1nnsc1C(Cc1nc(C)c(C)s1)NN. The summed E-state index contributed by atoms with van der Waals surface area (Å²) in [5.41, 5.74) is 5.04. The Bertz CT molecular complexity index is 514. The fourth-order valence-corrected chi connectivity index (χ4v) is 3.65. The first-order chi connectivity index (χ1) is 9.15. The molecule has 1 unspecified atom stereocenters. The number of nitrogens with one attached hydrogen (secondary N) is 1. The smallest absolute Gasteiger partial charge is 0.0950 e. The number of hydrogen-bond acceptors (Lipinski definition) is 7. The summed E-state index contributed by atoms with van der Waals surface area (Å²) < 4.78 is 4.05. The Morgan fingerprint density at radius 3 is 2.74 bits per heavy atom. The lowest BCUT2D eigenvalue weighted by Gasteiger charge is -2.13. The second kappa shape index (κ2) is 6.51. The van der Waals surface area contributed by atoms with E-state index in [4.69, 9.17) is 5.84 Å². The molecule has 0 fully saturated rings. The topological polar surface area (TPSA) is 76.7 Å². The standard InChI is InChI=1S/C12H19N5S2/c1-4-5-9-12(19-17-16-9)10(15-13)6-11-14-7(2)8(3)18-11/h10,15H,4-6,13H2,1-3H3. The van der Waals surface area contributed by atoms with Crippen molar-refractivity contribution in [3.63, 3.8) is 0 Å². The van der Waals surface area contributed by atoms with Gasteiger partial charge < -0.3 is 0 Å². The first-order valence-corrected chi connectivity index (χ1v) is 7.94. The fraction of sp³-hybridized carbons (Fsp3) is 0.583. The molecule has 0 saturated heterocycles. The van der Waals surface area contributed by atoms with Gasteiger partial charge in [-0.2, -0.15) is 0 Å². The number of aryl methyl sites for hydroxylation is 3. The van der Waals surface area contributed by atoms with E-state index in [1.165, 1.54) is 16.4 Å². The van der Waals surface area contributed by atoms with Crippen LogP contribution in [0.5, 0.6) is 0 Å². The molecular weight excluding hydrogens is 278 g/mol. The molecule has 2 heterocycles. The zero-order valence-electron chi connectivity index (χ0n) is 11.4. The molecule has 1 atom stereocenters. The lowest BCUT2D eigenvalue weighted by molar-refractivity contribution is 0.552. The van der Waals surface area contributed by atoms with E-state index in [1.807, 2.05) is 6.92 Å². The van der Waals surface area contributed by atoms with Crippen LogP contribution in [0.4, 0.5) is 0 Å². The highest BCUT2D eigenvalue weighted by Crippen LogP contribution is 2.27. The van der Waals surface area contributed by atoms with Crippen LogP contribution < -0.4 is 11.3 Å². The van der Waals surface area contributed by atoms with Crippen LogP contribution in [0.25, 0.3) is 0 Å². The molecule has 0 amide bonds. The Hall–Kier alpha value is -0.890. The summed E-state index contributed by atoms with van der Waals surface area (Å²) in [6, 6.07) is 0.0477. The Morgan fingerprint density at radius 2 is 2.16 bits per heavy atom. The van der Waals surface area contributed by atoms with E-state index in [9.17, 15) is 0 Å². The molecule has 0 aliphatic carbocycles. The normalized spacial score (nSPS) is 12.8. The van der Waals surface area contributed by atoms with Gasteiger partial charge in [-0.25, -0.2) is 4.98 Å². The monoisotopic (exact) mass is 297 g/mol. The van der Waals surface area contributed by atoms with Crippen molar-refractivity contribution in [2.24, 2.45) is 5.84 Å². The second-order valence-corrected chi connectivity index (χ2v) is 6.58. The van der Waals surface area contributed by atoms with Crippen LogP contribution >= 0.6 is 22.9 Å². The zero-order valence-corrected chi connectivity index (χ0v) is 13.1. The van der Waals surface area contributed by atoms with Gasteiger partial charge in [0.2, 0.25) is 0 Å². The maximum atomic E-state index is 5.70. The van der Waals surface area contributed by atoms with Crippen LogP contribution in [-0.4, -0.2) is 14.6 Å². The third kappa shape index (κ3) is 3.36. The van der Waals surface area contributed by atoms with E-state index in [1.54, 1.807) is 11.3 Å². The average molecular weight is 297 g/mol. The molecule has 7 heteroatoms. The molecule has 3 N–H and O–H groups in total. The zero-order chi connectivity index (χ0) is 13.8. The maximum Gasteiger partial charge on any atom is 0.0950 e. The van der Waals surface area contributed by atoms with E-state index in [2.05, 4.69) is 33.8 Å². The summed E-state index contributed by atoms with van der Waals surface area (Å²) in [4.78, 5) is 6.97. The van der Waals surface area contributed by atoms with Gasteiger partial charge in [-0.05, 0) is 31.8 Å². The van der Waals surface area contributed by atoms with Crippen LogP contribution in [0.3, 0.4) is 0 Å². The minimum atomic E-state index is 0.0477. The Morgan fingerprint density at radius 1 is 1.37 bits per heavy atom. The predicted octanol–water partition coefficient (Wildman–Crippen LogP) is 2.31. The molecule has 0 aliphatic heterocycles. The quantitative estimate of drug-likeness (QED) is 0.632. The molecule has 0 aromatic carbocycles. The van der Waals surface area contributed by atoms with Crippen molar-refractivity contribution < 1.29 is 0 Å². The molecule has 0 aliphatic rings. The number of thiazole rings is 1. The number of hydrazine groups is 1. The summed E-state index contributed by atoms with van der Waals surface area (Å²) in [5, 5.41) is 5.30. The van der Waals surface area contributed by atoms with Gasteiger partial charge in [0.1, 0.15) is 0 Å². The van der Waals surface area contributed by atoms with E-state index in [-0.39, 0.29) is 6.04 Å². The van der Waals surface area contributed by atoms with Crippen LogP contribution in [0.2, 0.25) is 0 Å². The van der Waals surface area contributed by atoms with Crippen LogP contribution in [0.15, 0.2) is 0 Å². The third-order valence-electron chi connectivity index (χ3n) is 3.04. The fourth-order valence-electron chi connectivity index (χ4n) is 1.92. The van der Waals surface area contributed by atoms with Gasteiger partial charge in [-0.15, -0.1) is 16.4 Å². The third-order valence-corrected chi connectivity index (χ3v) is 5.02. The molecule has 2 aromatic rings. The second-order valence-electron chi connectivity index (χ2n) is 4.51. The first-order valence-electron chi connectivity index (χ1n) is 6.35. The van der Waals surface area contributed by atoms with Gasteiger partial charge in [0.15, 0.2) is 0 Å². The molecular formula is C12H19N5S2. The van der Waals surface area contributed by atoms with E-state index in [0.717, 1.165) is 40.5 Å². The maximum absolute atomic E-state index is 5.70. The summed E-state index contributed by atoms with van der Waals surface area (Å²) in [5.74, 6) is 5.70. The Kier molecular flexibility index (Phi) is 4.98. The van der Waals surface area contributed by atoms with Crippen molar-refractivity contribution in [2.45, 2.75) is 46.1 Å². The highest BCUT2D eigenvalue weighted by molar-refractivity contribution is 7.11. The molecule has 5 nitrogen and oxygen atoms in total. The minimum Gasteiger partial charge on any atom is -0.271 e. The lowest BCUT2D eigenvalue weighted by Crippen LogP contribution is -2.29. The van der Waals surface area contributed by atoms with Crippen molar-refractivity contribution >= 4 is 22.9 Å². The van der Waals surface area contributed by atoms with Crippen molar-refractivity contribution in [3.8, 4) is 0 Å². The van der Waals surface area contributed by atoms with E-state index in [0.29, 0.717) is 0 Å². The molecule has 0 saturated carbocycles. The van der Waals surface area contributed by atoms with Gasteiger partial charge >= 0.3 is 0 Å². The molecule has 0 radical (unpaired) electrons. The summed E-state index contributed by atoms with van der Waals surface area (Å²) in [7, 11) is 0. The van der Waals surface area contributed by atoms with Gasteiger partial charge in [0, 0.05) is 11.3 Å². The number of rotatable bonds is 6. The van der Waals surface area contributed by atoms with Crippen LogP contribution in [-0.2, 0) is 12.8 Å². The van der Waals surface area contributed by atoms with Gasteiger partial charge in [0.25, 0.3) is 0 Å². The largest absolute Gasteiger partial charge is 0.271 e. The molecule has 104 valence electrons. The number of nitrogens with two attached hydrogens (primary N) is 1. The highest BCUT2D eigenvalue weighted by Gasteiger charge is 2.20. The minimum absolute atomic E-state index is 0.0477. The molecule has 19 heavy (non-hydrogen) atoms. The van der Waals surface area contributed by atoms with Crippen molar-refractivity contribution in [3.05, 3.63) is 26.1 Å². The van der Waals surface area contributed by atoms with Crippen molar-refractivity contribution in [1.29, 1.82) is 0 Å².